The van der Waals surface area contributed by atoms with Gasteiger partial charge in [0.2, 0.25) is 5.91 Å². The van der Waals surface area contributed by atoms with Crippen LogP contribution in [0.3, 0.4) is 0 Å². The molecule has 1 aliphatic carbocycles. The van der Waals surface area contributed by atoms with Crippen LogP contribution in [0.4, 0.5) is 13.2 Å². The Bertz CT molecular complexity index is 241. The molecule has 0 radical (unpaired) electrons. The van der Waals surface area contributed by atoms with Gasteiger partial charge in [-0.1, -0.05) is 15.9 Å². The summed E-state index contributed by atoms with van der Waals surface area (Å²) < 4.78 is 36.7. The summed E-state index contributed by atoms with van der Waals surface area (Å²) >= 11 is 3.22. The van der Waals surface area contributed by atoms with Crippen LogP contribution in [0.25, 0.3) is 0 Å². The van der Waals surface area contributed by atoms with Crippen LogP contribution in [0.2, 0.25) is 0 Å². The summed E-state index contributed by atoms with van der Waals surface area (Å²) in [5.41, 5.74) is 0. The molecular weight excluding hydrogens is 287 g/mol. The van der Waals surface area contributed by atoms with Gasteiger partial charge in [-0.15, -0.1) is 0 Å². The highest BCUT2D eigenvalue weighted by molar-refractivity contribution is 9.09. The van der Waals surface area contributed by atoms with Crippen molar-refractivity contribution in [2.75, 3.05) is 11.9 Å². The molecule has 0 aromatic rings. The fraction of sp³-hybridized carbons (Fsp3) is 0.900. The third-order valence-electron chi connectivity index (χ3n) is 2.43. The fourth-order valence-corrected chi connectivity index (χ4v) is 1.91. The third-order valence-corrected chi connectivity index (χ3v) is 2.99. The van der Waals surface area contributed by atoms with Crippen molar-refractivity contribution < 1.29 is 18.0 Å². The van der Waals surface area contributed by atoms with Crippen LogP contribution in [0.5, 0.6) is 0 Å². The number of carbonyl (C=O) groups is 1. The number of unbranched alkanes of at least 4 members (excludes halogenated alkanes) is 1. The maximum atomic E-state index is 12.2. The van der Waals surface area contributed by atoms with Gasteiger partial charge in [-0.25, -0.2) is 0 Å². The molecule has 0 aromatic carbocycles. The van der Waals surface area contributed by atoms with E-state index < -0.39 is 12.7 Å². The summed E-state index contributed by atoms with van der Waals surface area (Å²) in [4.78, 5) is 12.6. The predicted molar refractivity (Wildman–Crippen MR) is 58.4 cm³/mol. The van der Waals surface area contributed by atoms with Gasteiger partial charge in [0, 0.05) is 17.8 Å². The van der Waals surface area contributed by atoms with Crippen molar-refractivity contribution in [2.45, 2.75) is 44.3 Å². The van der Waals surface area contributed by atoms with E-state index in [0.717, 1.165) is 16.7 Å². The van der Waals surface area contributed by atoms with E-state index >= 15 is 0 Å². The monoisotopic (exact) mass is 301 g/mol. The third kappa shape index (κ3) is 5.18. The van der Waals surface area contributed by atoms with Gasteiger partial charge < -0.3 is 4.90 Å². The lowest BCUT2D eigenvalue weighted by Gasteiger charge is -2.23. The summed E-state index contributed by atoms with van der Waals surface area (Å²) in [6.07, 6.45) is -1.19. The zero-order chi connectivity index (χ0) is 12.2. The molecule has 1 amide bonds. The molecule has 0 saturated heterocycles. The molecule has 1 rings (SSSR count). The molecule has 2 nitrogen and oxygen atoms in total. The van der Waals surface area contributed by atoms with Crippen LogP contribution in [0.15, 0.2) is 0 Å². The first-order valence-electron chi connectivity index (χ1n) is 5.36. The Labute approximate surface area is 101 Å². The second-order valence-corrected chi connectivity index (χ2v) is 4.81. The Hall–Kier alpha value is -0.260. The van der Waals surface area contributed by atoms with E-state index in [2.05, 4.69) is 15.9 Å². The smallest absolute Gasteiger partial charge is 0.331 e. The predicted octanol–water partition coefficient (Wildman–Crippen LogP) is 3.10. The SMILES string of the molecule is O=C(CCCCBr)N(CC(F)(F)F)C1CC1. The topological polar surface area (TPSA) is 20.3 Å². The summed E-state index contributed by atoms with van der Waals surface area (Å²) in [5, 5.41) is 0.781. The van der Waals surface area contributed by atoms with Gasteiger partial charge in [0.1, 0.15) is 6.54 Å². The minimum absolute atomic E-state index is 0.168. The second kappa shape index (κ2) is 5.89. The number of alkyl halides is 4. The average Bonchev–Trinajstić information content (AvgIpc) is 2.96. The zero-order valence-corrected chi connectivity index (χ0v) is 10.5. The molecule has 0 unspecified atom stereocenters. The second-order valence-electron chi connectivity index (χ2n) is 4.01. The summed E-state index contributed by atoms with van der Waals surface area (Å²) in [6.45, 7) is -1.09. The minimum atomic E-state index is -4.28. The highest BCUT2D eigenvalue weighted by atomic mass is 79.9. The molecule has 0 N–H and O–H groups in total. The van der Waals surface area contributed by atoms with Crippen LogP contribution in [0.1, 0.15) is 32.1 Å². The van der Waals surface area contributed by atoms with Crippen molar-refractivity contribution in [3.05, 3.63) is 0 Å². The molecule has 0 aliphatic heterocycles. The Balaban J connectivity index is 2.40. The number of halogens is 4. The van der Waals surface area contributed by atoms with Crippen LogP contribution >= 0.6 is 15.9 Å². The first kappa shape index (κ1) is 13.8. The fourth-order valence-electron chi connectivity index (χ4n) is 1.51. The highest BCUT2D eigenvalue weighted by Gasteiger charge is 2.40. The Morgan fingerprint density at radius 3 is 2.38 bits per heavy atom. The molecule has 16 heavy (non-hydrogen) atoms. The largest absolute Gasteiger partial charge is 0.406 e. The van der Waals surface area contributed by atoms with Crippen molar-refractivity contribution in [2.24, 2.45) is 0 Å². The van der Waals surface area contributed by atoms with E-state index in [1.54, 1.807) is 0 Å². The van der Waals surface area contributed by atoms with Crippen LogP contribution in [-0.4, -0.2) is 34.9 Å². The van der Waals surface area contributed by atoms with Crippen LogP contribution in [-0.2, 0) is 4.79 Å². The van der Waals surface area contributed by atoms with Crippen LogP contribution < -0.4 is 0 Å². The standard InChI is InChI=1S/C10H15BrF3NO/c11-6-2-1-3-9(16)15(8-4-5-8)7-10(12,13)14/h8H,1-7H2. The number of nitrogens with zero attached hydrogens (tertiary/aromatic N) is 1. The molecule has 0 heterocycles. The number of carbonyl (C=O) groups excluding carboxylic acids is 1. The van der Waals surface area contributed by atoms with Crippen molar-refractivity contribution >= 4 is 21.8 Å². The molecule has 1 fully saturated rings. The van der Waals surface area contributed by atoms with Gasteiger partial charge in [-0.05, 0) is 25.7 Å². The number of rotatable bonds is 6. The molecule has 0 atom stereocenters. The van der Waals surface area contributed by atoms with Crippen molar-refractivity contribution in [1.82, 2.24) is 4.90 Å². The summed E-state index contributed by atoms with van der Waals surface area (Å²) in [7, 11) is 0. The van der Waals surface area contributed by atoms with E-state index in [1.807, 2.05) is 0 Å². The zero-order valence-electron chi connectivity index (χ0n) is 8.89. The molecule has 1 saturated carbocycles. The molecule has 0 spiro atoms. The number of hydrogen-bond acceptors (Lipinski definition) is 1. The Morgan fingerprint density at radius 1 is 1.31 bits per heavy atom. The van der Waals surface area contributed by atoms with Crippen LogP contribution in [0, 0.1) is 0 Å². The molecule has 94 valence electrons. The summed E-state index contributed by atoms with van der Waals surface area (Å²) in [5.74, 6) is -0.360. The molecule has 6 heteroatoms. The first-order chi connectivity index (χ1) is 7.44. The molecule has 1 aliphatic rings. The van der Waals surface area contributed by atoms with Gasteiger partial charge in [0.15, 0.2) is 0 Å². The first-order valence-corrected chi connectivity index (χ1v) is 6.48. The molecule has 0 aromatic heterocycles. The molecule has 0 bridgehead atoms. The van der Waals surface area contributed by atoms with E-state index in [-0.39, 0.29) is 18.4 Å². The van der Waals surface area contributed by atoms with Gasteiger partial charge in [-0.2, -0.15) is 13.2 Å². The summed E-state index contributed by atoms with van der Waals surface area (Å²) in [6, 6.07) is -0.168. The van der Waals surface area contributed by atoms with Crippen molar-refractivity contribution in [3.63, 3.8) is 0 Å². The Kier molecular flexibility index (Phi) is 5.08. The van der Waals surface area contributed by atoms with E-state index in [4.69, 9.17) is 0 Å². The maximum Gasteiger partial charge on any atom is 0.406 e. The van der Waals surface area contributed by atoms with Crippen molar-refractivity contribution in [1.29, 1.82) is 0 Å². The normalized spacial score (nSPS) is 16.2. The van der Waals surface area contributed by atoms with Gasteiger partial charge in [0.05, 0.1) is 0 Å². The average molecular weight is 302 g/mol. The number of hydrogen-bond donors (Lipinski definition) is 0. The molecular formula is C10H15BrF3NO. The maximum absolute atomic E-state index is 12.2. The lowest BCUT2D eigenvalue weighted by atomic mass is 10.2. The van der Waals surface area contributed by atoms with Crippen molar-refractivity contribution in [3.8, 4) is 0 Å². The quantitative estimate of drug-likeness (QED) is 0.545. The Morgan fingerprint density at radius 2 is 1.94 bits per heavy atom. The van der Waals surface area contributed by atoms with Gasteiger partial charge in [0.25, 0.3) is 0 Å². The number of amides is 1. The van der Waals surface area contributed by atoms with Gasteiger partial charge in [-0.3, -0.25) is 4.79 Å². The van der Waals surface area contributed by atoms with E-state index in [9.17, 15) is 18.0 Å². The van der Waals surface area contributed by atoms with Gasteiger partial charge >= 0.3 is 6.18 Å². The highest BCUT2D eigenvalue weighted by Crippen LogP contribution is 2.30. The lowest BCUT2D eigenvalue weighted by Crippen LogP contribution is -2.40. The minimum Gasteiger partial charge on any atom is -0.331 e. The van der Waals surface area contributed by atoms with E-state index in [1.165, 1.54) is 0 Å². The lowest BCUT2D eigenvalue weighted by molar-refractivity contribution is -0.162. The van der Waals surface area contributed by atoms with E-state index in [0.29, 0.717) is 19.3 Å².